The highest BCUT2D eigenvalue weighted by molar-refractivity contribution is 5.94. The Labute approximate surface area is 140 Å². The molecule has 0 spiro atoms. The lowest BCUT2D eigenvalue weighted by molar-refractivity contribution is -0.124. The molecule has 1 saturated heterocycles. The van der Waals surface area contributed by atoms with Gasteiger partial charge in [-0.15, -0.1) is 0 Å². The summed E-state index contributed by atoms with van der Waals surface area (Å²) in [5, 5.41) is 5.73. The van der Waals surface area contributed by atoms with Crippen LogP contribution in [-0.2, 0) is 11.3 Å². The zero-order valence-corrected chi connectivity index (χ0v) is 13.3. The van der Waals surface area contributed by atoms with Crippen LogP contribution in [0.1, 0.15) is 18.4 Å². The van der Waals surface area contributed by atoms with E-state index in [1.807, 2.05) is 42.5 Å². The van der Waals surface area contributed by atoms with Crippen LogP contribution in [0.5, 0.6) is 0 Å². The van der Waals surface area contributed by atoms with E-state index in [4.69, 9.17) is 0 Å². The number of urea groups is 1. The molecule has 3 rings (SSSR count). The number of hydrogen-bond donors (Lipinski definition) is 2. The predicted molar refractivity (Wildman–Crippen MR) is 91.3 cm³/mol. The van der Waals surface area contributed by atoms with Crippen molar-refractivity contribution >= 4 is 17.6 Å². The second-order valence-electron chi connectivity index (χ2n) is 5.73. The second kappa shape index (κ2) is 7.59. The molecule has 1 aromatic heterocycles. The number of benzene rings is 1. The summed E-state index contributed by atoms with van der Waals surface area (Å²) < 4.78 is 0. The molecule has 1 aromatic carbocycles. The number of amides is 3. The third-order valence-electron chi connectivity index (χ3n) is 4.03. The van der Waals surface area contributed by atoms with E-state index in [0.29, 0.717) is 19.5 Å². The maximum absolute atomic E-state index is 12.4. The Kier molecular flexibility index (Phi) is 5.05. The third kappa shape index (κ3) is 3.90. The topological polar surface area (TPSA) is 74.3 Å². The van der Waals surface area contributed by atoms with Crippen LogP contribution in [0.25, 0.3) is 0 Å². The summed E-state index contributed by atoms with van der Waals surface area (Å²) in [5.74, 6) is -0.125. The van der Waals surface area contributed by atoms with E-state index in [2.05, 4.69) is 15.6 Å². The van der Waals surface area contributed by atoms with Crippen LogP contribution in [0.4, 0.5) is 10.5 Å². The molecule has 6 nitrogen and oxygen atoms in total. The predicted octanol–water partition coefficient (Wildman–Crippen LogP) is 2.39. The summed E-state index contributed by atoms with van der Waals surface area (Å²) in [7, 11) is 0. The van der Waals surface area contributed by atoms with Crippen molar-refractivity contribution in [1.29, 1.82) is 0 Å². The van der Waals surface area contributed by atoms with E-state index < -0.39 is 6.04 Å². The maximum Gasteiger partial charge on any atom is 0.322 e. The lowest BCUT2D eigenvalue weighted by Crippen LogP contribution is -2.47. The van der Waals surface area contributed by atoms with Crippen molar-refractivity contribution in [2.75, 3.05) is 11.9 Å². The van der Waals surface area contributed by atoms with Crippen molar-refractivity contribution < 1.29 is 9.59 Å². The van der Waals surface area contributed by atoms with Gasteiger partial charge in [0.05, 0.1) is 0 Å². The third-order valence-corrected chi connectivity index (χ3v) is 4.03. The van der Waals surface area contributed by atoms with E-state index >= 15 is 0 Å². The monoisotopic (exact) mass is 324 g/mol. The Morgan fingerprint density at radius 1 is 1.17 bits per heavy atom. The largest absolute Gasteiger partial charge is 0.350 e. The van der Waals surface area contributed by atoms with Crippen molar-refractivity contribution in [2.45, 2.75) is 25.4 Å². The van der Waals surface area contributed by atoms with Crippen molar-refractivity contribution in [3.63, 3.8) is 0 Å². The molecule has 1 aliphatic rings. The molecule has 2 N–H and O–H groups in total. The van der Waals surface area contributed by atoms with Crippen LogP contribution in [0, 0.1) is 0 Å². The van der Waals surface area contributed by atoms with Crippen molar-refractivity contribution in [2.24, 2.45) is 0 Å². The molecular weight excluding hydrogens is 304 g/mol. The Morgan fingerprint density at radius 3 is 2.75 bits per heavy atom. The molecule has 0 saturated carbocycles. The summed E-state index contributed by atoms with van der Waals surface area (Å²) >= 11 is 0. The molecule has 0 aliphatic carbocycles. The number of carbonyl (C=O) groups excluding carboxylic acids is 2. The van der Waals surface area contributed by atoms with E-state index in [9.17, 15) is 9.59 Å². The Balaban J connectivity index is 1.58. The fourth-order valence-corrected chi connectivity index (χ4v) is 2.81. The normalized spacial score (nSPS) is 16.7. The number of hydrogen-bond acceptors (Lipinski definition) is 3. The molecule has 1 fully saturated rings. The van der Waals surface area contributed by atoms with E-state index in [-0.39, 0.29) is 11.9 Å². The van der Waals surface area contributed by atoms with Crippen LogP contribution in [0.3, 0.4) is 0 Å². The molecule has 124 valence electrons. The molecule has 1 aliphatic heterocycles. The van der Waals surface area contributed by atoms with Gasteiger partial charge in [0.2, 0.25) is 5.91 Å². The van der Waals surface area contributed by atoms with E-state index in [1.165, 1.54) is 0 Å². The van der Waals surface area contributed by atoms with E-state index in [1.54, 1.807) is 17.3 Å². The smallest absolute Gasteiger partial charge is 0.322 e. The first-order valence-corrected chi connectivity index (χ1v) is 8.03. The number of pyridine rings is 1. The molecule has 0 radical (unpaired) electrons. The zero-order valence-electron chi connectivity index (χ0n) is 13.3. The van der Waals surface area contributed by atoms with E-state index in [0.717, 1.165) is 17.7 Å². The Morgan fingerprint density at radius 2 is 2.00 bits per heavy atom. The summed E-state index contributed by atoms with van der Waals surface area (Å²) in [4.78, 5) is 30.5. The minimum absolute atomic E-state index is 0.125. The summed E-state index contributed by atoms with van der Waals surface area (Å²) in [6.45, 7) is 1.00. The quantitative estimate of drug-likeness (QED) is 0.907. The SMILES string of the molecule is O=C(NCc1cccnc1)[C@@H]1CCCN1C(=O)Nc1ccccc1. The lowest BCUT2D eigenvalue weighted by Gasteiger charge is -2.24. The van der Waals surface area contributed by atoms with Gasteiger partial charge in [0.15, 0.2) is 0 Å². The van der Waals surface area contributed by atoms with Crippen molar-refractivity contribution in [3.8, 4) is 0 Å². The number of rotatable bonds is 4. The fraction of sp³-hybridized carbons (Fsp3) is 0.278. The molecule has 1 atom stereocenters. The van der Waals surface area contributed by atoms with Gasteiger partial charge in [-0.25, -0.2) is 4.79 Å². The van der Waals surface area contributed by atoms with Crippen LogP contribution < -0.4 is 10.6 Å². The van der Waals surface area contributed by atoms with Gasteiger partial charge in [-0.05, 0) is 36.6 Å². The minimum Gasteiger partial charge on any atom is -0.350 e. The zero-order chi connectivity index (χ0) is 16.8. The van der Waals surface area contributed by atoms with Gasteiger partial charge < -0.3 is 15.5 Å². The standard InChI is InChI=1S/C18H20N4O2/c23-17(20-13-14-6-4-10-19-12-14)16-9-5-11-22(16)18(24)21-15-7-2-1-3-8-15/h1-4,6-8,10,12,16H,5,9,11,13H2,(H,20,23)(H,21,24)/t16-/m0/s1. The number of aromatic nitrogens is 1. The lowest BCUT2D eigenvalue weighted by atomic mass is 10.2. The van der Waals surface area contributed by atoms with Gasteiger partial charge in [0, 0.05) is 31.2 Å². The molecular formula is C18H20N4O2. The maximum atomic E-state index is 12.4. The average molecular weight is 324 g/mol. The highest BCUT2D eigenvalue weighted by atomic mass is 16.2. The van der Waals surface area contributed by atoms with Gasteiger partial charge in [0.25, 0.3) is 0 Å². The van der Waals surface area contributed by atoms with Crippen LogP contribution in [-0.4, -0.2) is 34.4 Å². The molecule has 6 heteroatoms. The van der Waals surface area contributed by atoms with Crippen molar-refractivity contribution in [3.05, 3.63) is 60.4 Å². The first-order chi connectivity index (χ1) is 11.7. The number of nitrogens with zero attached hydrogens (tertiary/aromatic N) is 2. The number of anilines is 1. The Bertz CT molecular complexity index is 691. The van der Waals surface area contributed by atoms with Crippen LogP contribution in [0.2, 0.25) is 0 Å². The summed E-state index contributed by atoms with van der Waals surface area (Å²) in [6, 6.07) is 12.3. The summed E-state index contributed by atoms with van der Waals surface area (Å²) in [6.07, 6.45) is 4.92. The van der Waals surface area contributed by atoms with Gasteiger partial charge in [-0.3, -0.25) is 9.78 Å². The molecule has 24 heavy (non-hydrogen) atoms. The summed E-state index contributed by atoms with van der Waals surface area (Å²) in [5.41, 5.74) is 1.66. The Hall–Kier alpha value is -2.89. The minimum atomic E-state index is -0.426. The number of para-hydroxylation sites is 1. The van der Waals surface area contributed by atoms with Crippen LogP contribution >= 0.6 is 0 Å². The second-order valence-corrected chi connectivity index (χ2v) is 5.73. The first-order valence-electron chi connectivity index (χ1n) is 8.03. The molecule has 2 heterocycles. The van der Waals surface area contributed by atoms with Crippen LogP contribution in [0.15, 0.2) is 54.9 Å². The number of carbonyl (C=O) groups is 2. The molecule has 0 unspecified atom stereocenters. The average Bonchev–Trinajstić information content (AvgIpc) is 3.11. The highest BCUT2D eigenvalue weighted by Gasteiger charge is 2.33. The number of nitrogens with one attached hydrogen (secondary N) is 2. The van der Waals surface area contributed by atoms with Crippen molar-refractivity contribution in [1.82, 2.24) is 15.2 Å². The highest BCUT2D eigenvalue weighted by Crippen LogP contribution is 2.19. The van der Waals surface area contributed by atoms with Gasteiger partial charge in [-0.2, -0.15) is 0 Å². The first kappa shape index (κ1) is 16.0. The molecule has 2 aromatic rings. The van der Waals surface area contributed by atoms with Gasteiger partial charge >= 0.3 is 6.03 Å². The van der Waals surface area contributed by atoms with Gasteiger partial charge in [0.1, 0.15) is 6.04 Å². The fourth-order valence-electron chi connectivity index (χ4n) is 2.81. The number of likely N-dealkylation sites (tertiary alicyclic amines) is 1. The molecule has 0 bridgehead atoms. The molecule has 3 amide bonds. The van der Waals surface area contributed by atoms with Gasteiger partial charge in [-0.1, -0.05) is 24.3 Å².